The van der Waals surface area contributed by atoms with E-state index in [1.165, 1.54) is 11.1 Å². The molecule has 0 aliphatic carbocycles. The Balaban J connectivity index is 1.52. The van der Waals surface area contributed by atoms with Gasteiger partial charge in [-0.2, -0.15) is 0 Å². The second-order valence-corrected chi connectivity index (χ2v) is 5.14. The number of rotatable bonds is 5. The maximum Gasteiger partial charge on any atom is 0.123 e. The monoisotopic (exact) mass is 268 g/mol. The van der Waals surface area contributed by atoms with Crippen LogP contribution >= 0.6 is 0 Å². The normalized spacial score (nSPS) is 14.2. The van der Waals surface area contributed by atoms with Crippen molar-refractivity contribution in [2.75, 3.05) is 13.2 Å². The minimum absolute atomic E-state index is 0.519. The third-order valence-electron chi connectivity index (χ3n) is 3.76. The van der Waals surface area contributed by atoms with Crippen LogP contribution < -0.4 is 10.5 Å². The number of para-hydroxylation sites is 1. The Bertz CT molecular complexity index is 558. The Labute approximate surface area is 120 Å². The van der Waals surface area contributed by atoms with E-state index in [-0.39, 0.29) is 0 Å². The summed E-state index contributed by atoms with van der Waals surface area (Å²) in [5.41, 5.74) is 9.66. The van der Waals surface area contributed by atoms with E-state index in [4.69, 9.17) is 10.5 Å². The second-order valence-electron chi connectivity index (χ2n) is 5.14. The molecule has 104 valence electrons. The molecule has 0 saturated heterocycles. The summed E-state index contributed by atoms with van der Waals surface area (Å²) in [5, 5.41) is 0. The standard InChI is InChI=1S/C17H20N2O/c18-11-14-5-3-4-8-17(14)20-10-9-19-12-15-6-1-2-7-16(15)13-19/h1-8H,9-13,18H2. The molecule has 0 amide bonds. The number of fused-ring (bicyclic) bond motifs is 1. The summed E-state index contributed by atoms with van der Waals surface area (Å²) in [6.07, 6.45) is 0. The Kier molecular flexibility index (Phi) is 4.00. The zero-order chi connectivity index (χ0) is 13.8. The fraction of sp³-hybridized carbons (Fsp3) is 0.294. The average Bonchev–Trinajstić information content (AvgIpc) is 2.90. The van der Waals surface area contributed by atoms with Gasteiger partial charge in [0, 0.05) is 31.7 Å². The van der Waals surface area contributed by atoms with Crippen LogP contribution in [0.5, 0.6) is 5.75 Å². The van der Waals surface area contributed by atoms with Gasteiger partial charge < -0.3 is 10.5 Å². The topological polar surface area (TPSA) is 38.5 Å². The molecule has 3 heteroatoms. The van der Waals surface area contributed by atoms with E-state index < -0.39 is 0 Å². The lowest BCUT2D eigenvalue weighted by Crippen LogP contribution is -2.23. The van der Waals surface area contributed by atoms with Gasteiger partial charge in [-0.3, -0.25) is 4.90 Å². The van der Waals surface area contributed by atoms with Gasteiger partial charge in [-0.25, -0.2) is 0 Å². The van der Waals surface area contributed by atoms with Gasteiger partial charge in [0.15, 0.2) is 0 Å². The fourth-order valence-electron chi connectivity index (χ4n) is 2.66. The van der Waals surface area contributed by atoms with Gasteiger partial charge in [0.25, 0.3) is 0 Å². The van der Waals surface area contributed by atoms with Crippen molar-refractivity contribution in [3.8, 4) is 5.75 Å². The Morgan fingerprint density at radius 1 is 0.950 bits per heavy atom. The van der Waals surface area contributed by atoms with Crippen molar-refractivity contribution >= 4 is 0 Å². The molecular weight excluding hydrogens is 248 g/mol. The van der Waals surface area contributed by atoms with Crippen molar-refractivity contribution in [2.24, 2.45) is 5.73 Å². The number of nitrogens with zero attached hydrogens (tertiary/aromatic N) is 1. The maximum absolute atomic E-state index is 5.87. The summed E-state index contributed by atoms with van der Waals surface area (Å²) in [5.74, 6) is 0.909. The minimum atomic E-state index is 0.519. The second kappa shape index (κ2) is 6.07. The molecule has 3 rings (SSSR count). The van der Waals surface area contributed by atoms with E-state index in [1.54, 1.807) is 0 Å². The highest BCUT2D eigenvalue weighted by Gasteiger charge is 2.17. The molecule has 2 aromatic carbocycles. The third kappa shape index (κ3) is 2.84. The van der Waals surface area contributed by atoms with Gasteiger partial charge in [0.1, 0.15) is 12.4 Å². The van der Waals surface area contributed by atoms with E-state index in [1.807, 2.05) is 24.3 Å². The summed E-state index contributed by atoms with van der Waals surface area (Å²) in [7, 11) is 0. The van der Waals surface area contributed by atoms with Crippen LogP contribution in [-0.4, -0.2) is 18.1 Å². The molecule has 1 heterocycles. The van der Waals surface area contributed by atoms with Crippen molar-refractivity contribution in [2.45, 2.75) is 19.6 Å². The molecule has 2 N–H and O–H groups in total. The average molecular weight is 268 g/mol. The molecule has 0 spiro atoms. The van der Waals surface area contributed by atoms with Gasteiger partial charge in [-0.05, 0) is 17.2 Å². The van der Waals surface area contributed by atoms with Crippen LogP contribution in [0, 0.1) is 0 Å². The van der Waals surface area contributed by atoms with Crippen molar-refractivity contribution in [3.05, 3.63) is 65.2 Å². The van der Waals surface area contributed by atoms with Gasteiger partial charge in [-0.15, -0.1) is 0 Å². The van der Waals surface area contributed by atoms with E-state index in [9.17, 15) is 0 Å². The molecule has 2 aromatic rings. The number of benzene rings is 2. The maximum atomic E-state index is 5.87. The lowest BCUT2D eigenvalue weighted by Gasteiger charge is -2.16. The number of nitrogens with two attached hydrogens (primary N) is 1. The Morgan fingerprint density at radius 3 is 2.30 bits per heavy atom. The van der Waals surface area contributed by atoms with E-state index in [0.29, 0.717) is 13.2 Å². The zero-order valence-electron chi connectivity index (χ0n) is 11.6. The van der Waals surface area contributed by atoms with Gasteiger partial charge in [0.05, 0.1) is 0 Å². The first-order valence-electron chi connectivity index (χ1n) is 7.07. The molecule has 0 saturated carbocycles. The zero-order valence-corrected chi connectivity index (χ0v) is 11.6. The van der Waals surface area contributed by atoms with Crippen molar-refractivity contribution in [1.29, 1.82) is 0 Å². The highest BCUT2D eigenvalue weighted by atomic mass is 16.5. The molecule has 0 fully saturated rings. The quantitative estimate of drug-likeness (QED) is 0.905. The predicted octanol–water partition coefficient (Wildman–Crippen LogP) is 2.54. The molecule has 1 aliphatic heterocycles. The molecule has 0 bridgehead atoms. The van der Waals surface area contributed by atoms with Crippen LogP contribution in [0.4, 0.5) is 0 Å². The molecule has 0 unspecified atom stereocenters. The van der Waals surface area contributed by atoms with Crippen LogP contribution in [0.1, 0.15) is 16.7 Å². The fourth-order valence-corrected chi connectivity index (χ4v) is 2.66. The van der Waals surface area contributed by atoms with E-state index in [2.05, 4.69) is 29.2 Å². The largest absolute Gasteiger partial charge is 0.492 e. The predicted molar refractivity (Wildman–Crippen MR) is 80.4 cm³/mol. The smallest absolute Gasteiger partial charge is 0.123 e. The highest BCUT2D eigenvalue weighted by Crippen LogP contribution is 2.22. The molecule has 3 nitrogen and oxygen atoms in total. The molecule has 0 radical (unpaired) electrons. The van der Waals surface area contributed by atoms with Crippen LogP contribution in [-0.2, 0) is 19.6 Å². The van der Waals surface area contributed by atoms with Gasteiger partial charge in [-0.1, -0.05) is 42.5 Å². The number of hydrogen-bond acceptors (Lipinski definition) is 3. The molecule has 1 aliphatic rings. The van der Waals surface area contributed by atoms with Crippen LogP contribution in [0.2, 0.25) is 0 Å². The SMILES string of the molecule is NCc1ccccc1OCCN1Cc2ccccc2C1. The van der Waals surface area contributed by atoms with Crippen molar-refractivity contribution in [3.63, 3.8) is 0 Å². The van der Waals surface area contributed by atoms with Crippen molar-refractivity contribution in [1.82, 2.24) is 4.90 Å². The van der Waals surface area contributed by atoms with Crippen LogP contribution in [0.15, 0.2) is 48.5 Å². The number of hydrogen-bond donors (Lipinski definition) is 1. The molecular formula is C17H20N2O. The Morgan fingerprint density at radius 2 is 1.60 bits per heavy atom. The number of ether oxygens (including phenoxy) is 1. The summed E-state index contributed by atoms with van der Waals surface area (Å²) >= 11 is 0. The summed E-state index contributed by atoms with van der Waals surface area (Å²) in [6.45, 7) is 4.21. The van der Waals surface area contributed by atoms with Crippen LogP contribution in [0.3, 0.4) is 0 Å². The first-order valence-corrected chi connectivity index (χ1v) is 7.07. The van der Waals surface area contributed by atoms with Crippen LogP contribution in [0.25, 0.3) is 0 Å². The lowest BCUT2D eigenvalue weighted by atomic mass is 10.1. The lowest BCUT2D eigenvalue weighted by molar-refractivity contribution is 0.210. The van der Waals surface area contributed by atoms with Gasteiger partial charge >= 0.3 is 0 Å². The molecule has 20 heavy (non-hydrogen) atoms. The van der Waals surface area contributed by atoms with Crippen molar-refractivity contribution < 1.29 is 4.74 Å². The summed E-state index contributed by atoms with van der Waals surface area (Å²) < 4.78 is 5.87. The Hall–Kier alpha value is -1.84. The first kappa shape index (κ1) is 13.2. The summed E-state index contributed by atoms with van der Waals surface area (Å²) in [6, 6.07) is 16.6. The molecule has 0 aromatic heterocycles. The van der Waals surface area contributed by atoms with Gasteiger partial charge in [0.2, 0.25) is 0 Å². The van der Waals surface area contributed by atoms with E-state index in [0.717, 1.165) is 30.9 Å². The highest BCUT2D eigenvalue weighted by molar-refractivity contribution is 5.33. The molecule has 0 atom stereocenters. The first-order chi connectivity index (χ1) is 9.86. The third-order valence-corrected chi connectivity index (χ3v) is 3.76. The summed E-state index contributed by atoms with van der Waals surface area (Å²) in [4.78, 5) is 2.41. The van der Waals surface area contributed by atoms with E-state index >= 15 is 0 Å². The minimum Gasteiger partial charge on any atom is -0.492 e.